The van der Waals surface area contributed by atoms with Crippen LogP contribution >= 0.6 is 0 Å². The van der Waals surface area contributed by atoms with Gasteiger partial charge in [-0.05, 0) is 23.8 Å². The zero-order chi connectivity index (χ0) is 19.0. The molecule has 2 heterocycles. The second-order valence-corrected chi connectivity index (χ2v) is 6.42. The van der Waals surface area contributed by atoms with Crippen molar-refractivity contribution in [3.63, 3.8) is 0 Å². The minimum absolute atomic E-state index is 0.212. The molecule has 1 N–H and O–H groups in total. The highest BCUT2D eigenvalue weighted by molar-refractivity contribution is 5.94. The number of amides is 1. The van der Waals surface area contributed by atoms with Crippen LogP contribution < -0.4 is 0 Å². The van der Waals surface area contributed by atoms with Crippen LogP contribution in [0.25, 0.3) is 0 Å². The van der Waals surface area contributed by atoms with Gasteiger partial charge in [0.15, 0.2) is 11.6 Å². The molecule has 138 valence electrons. The van der Waals surface area contributed by atoms with Crippen LogP contribution in [0.4, 0.5) is 8.78 Å². The van der Waals surface area contributed by atoms with E-state index in [-0.39, 0.29) is 12.1 Å². The first-order valence-electron chi connectivity index (χ1n) is 8.57. The number of carbonyl (C=O) groups is 1. The normalized spacial score (nSPS) is 14.7. The van der Waals surface area contributed by atoms with Crippen molar-refractivity contribution in [2.24, 2.45) is 0 Å². The number of nitrogens with zero attached hydrogens (tertiary/aromatic N) is 3. The summed E-state index contributed by atoms with van der Waals surface area (Å²) in [5, 5.41) is 14.9. The van der Waals surface area contributed by atoms with Crippen LogP contribution in [-0.2, 0) is 13.1 Å². The van der Waals surface area contributed by atoms with E-state index in [1.165, 1.54) is 17.0 Å². The number of hydrogen-bond acceptors (Lipinski definition) is 3. The highest BCUT2D eigenvalue weighted by atomic mass is 19.2. The molecule has 2 aromatic carbocycles. The van der Waals surface area contributed by atoms with Crippen molar-refractivity contribution >= 4 is 5.91 Å². The molecule has 0 saturated carbocycles. The highest BCUT2D eigenvalue weighted by Crippen LogP contribution is 2.24. The molecule has 0 spiro atoms. The van der Waals surface area contributed by atoms with Crippen molar-refractivity contribution in [1.29, 1.82) is 0 Å². The van der Waals surface area contributed by atoms with Gasteiger partial charge in [-0.2, -0.15) is 5.10 Å². The maximum atomic E-state index is 13.9. The minimum Gasteiger partial charge on any atom is -0.382 e. The molecule has 0 saturated heterocycles. The first-order valence-corrected chi connectivity index (χ1v) is 8.57. The van der Waals surface area contributed by atoms with Crippen LogP contribution in [0.1, 0.15) is 33.4 Å². The van der Waals surface area contributed by atoms with Crippen molar-refractivity contribution in [2.75, 3.05) is 6.54 Å². The van der Waals surface area contributed by atoms with Gasteiger partial charge in [0.2, 0.25) is 0 Å². The average molecular weight is 369 g/mol. The lowest BCUT2D eigenvalue weighted by Crippen LogP contribution is -2.38. The molecule has 0 fully saturated rings. The first-order chi connectivity index (χ1) is 13.0. The molecule has 1 amide bonds. The molecule has 27 heavy (non-hydrogen) atoms. The Morgan fingerprint density at radius 1 is 1.07 bits per heavy atom. The Morgan fingerprint density at radius 2 is 1.85 bits per heavy atom. The molecule has 1 aliphatic rings. The summed E-state index contributed by atoms with van der Waals surface area (Å²) in [7, 11) is 0. The molecule has 1 atom stereocenters. The number of halogens is 2. The predicted molar refractivity (Wildman–Crippen MR) is 93.8 cm³/mol. The van der Waals surface area contributed by atoms with E-state index in [4.69, 9.17) is 0 Å². The van der Waals surface area contributed by atoms with Gasteiger partial charge >= 0.3 is 0 Å². The molecule has 1 aromatic heterocycles. The first kappa shape index (κ1) is 17.4. The number of aliphatic hydroxyl groups is 1. The van der Waals surface area contributed by atoms with E-state index < -0.39 is 23.6 Å². The monoisotopic (exact) mass is 369 g/mol. The van der Waals surface area contributed by atoms with Crippen molar-refractivity contribution in [3.05, 3.63) is 88.7 Å². The third-order valence-electron chi connectivity index (χ3n) is 4.68. The van der Waals surface area contributed by atoms with Gasteiger partial charge in [-0.1, -0.05) is 36.4 Å². The van der Waals surface area contributed by atoms with Gasteiger partial charge in [0, 0.05) is 6.54 Å². The minimum atomic E-state index is -1.14. The number of aromatic nitrogens is 2. The number of rotatable bonds is 3. The number of carbonyl (C=O) groups excluding carboxylic acids is 1. The molecule has 0 bridgehead atoms. The van der Waals surface area contributed by atoms with E-state index in [9.17, 15) is 18.7 Å². The average Bonchev–Trinajstić information content (AvgIpc) is 3.13. The van der Waals surface area contributed by atoms with E-state index in [1.54, 1.807) is 10.7 Å². The second kappa shape index (κ2) is 6.92. The molecule has 0 aliphatic carbocycles. The smallest absolute Gasteiger partial charge is 0.257 e. The third kappa shape index (κ3) is 3.21. The molecule has 7 heteroatoms. The van der Waals surface area contributed by atoms with E-state index in [2.05, 4.69) is 5.10 Å². The largest absolute Gasteiger partial charge is 0.382 e. The van der Waals surface area contributed by atoms with Gasteiger partial charge in [0.05, 0.1) is 30.0 Å². The molecular formula is C20H17F2N3O2. The van der Waals surface area contributed by atoms with Crippen LogP contribution in [0.15, 0.2) is 54.6 Å². The van der Waals surface area contributed by atoms with E-state index in [0.717, 1.165) is 17.3 Å². The third-order valence-corrected chi connectivity index (χ3v) is 4.68. The lowest BCUT2D eigenvalue weighted by Gasteiger charge is -2.27. The maximum Gasteiger partial charge on any atom is 0.257 e. The Labute approximate surface area is 154 Å². The lowest BCUT2D eigenvalue weighted by atomic mass is 10.1. The zero-order valence-electron chi connectivity index (χ0n) is 14.3. The van der Waals surface area contributed by atoms with Gasteiger partial charge in [-0.25, -0.2) is 8.78 Å². The second-order valence-electron chi connectivity index (χ2n) is 6.42. The Kier molecular flexibility index (Phi) is 4.45. The van der Waals surface area contributed by atoms with Crippen LogP contribution in [0.2, 0.25) is 0 Å². The fourth-order valence-corrected chi connectivity index (χ4v) is 3.24. The lowest BCUT2D eigenvalue weighted by molar-refractivity contribution is 0.0700. The van der Waals surface area contributed by atoms with Crippen molar-refractivity contribution in [2.45, 2.75) is 19.2 Å². The standard InChI is InChI=1S/C20H17F2N3O2/c21-16-8-4-7-15(18(16)22)20(27)24-9-10-25-14(12-24)11-17(23-25)19(26)13-5-2-1-3-6-13/h1-8,11,19,26H,9-10,12H2/t19-/m1/s1. The molecule has 3 aromatic rings. The topological polar surface area (TPSA) is 58.4 Å². The van der Waals surface area contributed by atoms with E-state index in [0.29, 0.717) is 18.8 Å². The molecule has 5 nitrogen and oxygen atoms in total. The quantitative estimate of drug-likeness (QED) is 0.772. The number of aliphatic hydroxyl groups excluding tert-OH is 1. The fourth-order valence-electron chi connectivity index (χ4n) is 3.24. The number of benzene rings is 2. The summed E-state index contributed by atoms with van der Waals surface area (Å²) in [5.74, 6) is -2.75. The molecule has 4 rings (SSSR count). The summed E-state index contributed by atoms with van der Waals surface area (Å²) >= 11 is 0. The summed E-state index contributed by atoms with van der Waals surface area (Å²) in [5.41, 5.74) is 1.66. The highest BCUT2D eigenvalue weighted by Gasteiger charge is 2.27. The van der Waals surface area contributed by atoms with Crippen molar-refractivity contribution in [1.82, 2.24) is 14.7 Å². The Morgan fingerprint density at radius 3 is 2.63 bits per heavy atom. The van der Waals surface area contributed by atoms with Gasteiger partial charge in [-0.3, -0.25) is 9.48 Å². The Balaban J connectivity index is 1.56. The Hall–Kier alpha value is -3.06. The molecule has 0 radical (unpaired) electrons. The predicted octanol–water partition coefficient (Wildman–Crippen LogP) is 2.90. The summed E-state index contributed by atoms with van der Waals surface area (Å²) in [4.78, 5) is 14.0. The van der Waals surface area contributed by atoms with Gasteiger partial charge in [-0.15, -0.1) is 0 Å². The van der Waals surface area contributed by atoms with Crippen LogP contribution in [0, 0.1) is 11.6 Å². The SMILES string of the molecule is O=C(c1cccc(F)c1F)N1CCn2nc([C@H](O)c3ccccc3)cc2C1. The van der Waals surface area contributed by atoms with Crippen LogP contribution in [0.3, 0.4) is 0 Å². The van der Waals surface area contributed by atoms with Crippen LogP contribution in [-0.4, -0.2) is 32.2 Å². The van der Waals surface area contributed by atoms with E-state index >= 15 is 0 Å². The van der Waals surface area contributed by atoms with Gasteiger partial charge < -0.3 is 10.0 Å². The zero-order valence-corrected chi connectivity index (χ0v) is 14.3. The van der Waals surface area contributed by atoms with E-state index in [1.807, 2.05) is 30.3 Å². The van der Waals surface area contributed by atoms with Gasteiger partial charge in [0.1, 0.15) is 6.10 Å². The summed E-state index contributed by atoms with van der Waals surface area (Å²) in [6, 6.07) is 14.5. The summed E-state index contributed by atoms with van der Waals surface area (Å²) in [6.45, 7) is 0.952. The summed E-state index contributed by atoms with van der Waals surface area (Å²) in [6.07, 6.45) is -0.867. The molecule has 1 aliphatic heterocycles. The van der Waals surface area contributed by atoms with Gasteiger partial charge in [0.25, 0.3) is 5.91 Å². The number of fused-ring (bicyclic) bond motifs is 1. The molecule has 0 unspecified atom stereocenters. The van der Waals surface area contributed by atoms with Crippen LogP contribution in [0.5, 0.6) is 0 Å². The Bertz CT molecular complexity index is 988. The fraction of sp³-hybridized carbons (Fsp3) is 0.200. The summed E-state index contributed by atoms with van der Waals surface area (Å²) < 4.78 is 29.1. The number of hydrogen-bond donors (Lipinski definition) is 1. The van der Waals surface area contributed by atoms with Crippen molar-refractivity contribution in [3.8, 4) is 0 Å². The molecular weight excluding hydrogens is 352 g/mol. The maximum absolute atomic E-state index is 13.9. The van der Waals surface area contributed by atoms with Crippen molar-refractivity contribution < 1.29 is 18.7 Å².